The minimum atomic E-state index is -0.834. The monoisotopic (exact) mass is 377 g/mol. The lowest BCUT2D eigenvalue weighted by molar-refractivity contribution is -0.254. The van der Waals surface area contributed by atoms with Crippen molar-refractivity contribution in [1.29, 1.82) is 0 Å². The number of rotatable bonds is 6. The Hall–Kier alpha value is -2.58. The number of ketones is 2. The SMILES string of the molecule is O=C1CCC(=O)C1CCOC(=O)C12CC(C(=O)ON3C(=O)CCC3=O)(C1)C2. The number of nitrogens with zero attached hydrogens (tertiary/aromatic N) is 1. The first-order valence-corrected chi connectivity index (χ1v) is 9.07. The van der Waals surface area contributed by atoms with E-state index in [9.17, 15) is 28.8 Å². The number of hydrogen-bond donors (Lipinski definition) is 0. The highest BCUT2D eigenvalue weighted by Gasteiger charge is 2.77. The normalized spacial score (nSPS) is 32.4. The molecule has 0 aromatic carbocycles. The second kappa shape index (κ2) is 5.97. The molecule has 5 aliphatic rings. The second-order valence-electron chi connectivity index (χ2n) is 7.96. The Morgan fingerprint density at radius 1 is 0.852 bits per heavy atom. The minimum Gasteiger partial charge on any atom is -0.465 e. The van der Waals surface area contributed by atoms with E-state index >= 15 is 0 Å². The highest BCUT2D eigenvalue weighted by Crippen LogP contribution is 2.74. The maximum Gasteiger partial charge on any atom is 0.339 e. The fourth-order valence-electron chi connectivity index (χ4n) is 4.58. The topological polar surface area (TPSA) is 124 Å². The van der Waals surface area contributed by atoms with Gasteiger partial charge in [0.2, 0.25) is 0 Å². The van der Waals surface area contributed by atoms with Crippen LogP contribution in [-0.2, 0) is 38.3 Å². The summed E-state index contributed by atoms with van der Waals surface area (Å²) >= 11 is 0. The fraction of sp³-hybridized carbons (Fsp3) is 0.667. The molecule has 0 radical (unpaired) electrons. The molecule has 0 unspecified atom stereocenters. The Morgan fingerprint density at radius 3 is 1.93 bits per heavy atom. The Morgan fingerprint density at radius 2 is 1.37 bits per heavy atom. The second-order valence-corrected chi connectivity index (χ2v) is 7.96. The van der Waals surface area contributed by atoms with Gasteiger partial charge in [-0.2, -0.15) is 0 Å². The third-order valence-electron chi connectivity index (χ3n) is 6.11. The zero-order valence-corrected chi connectivity index (χ0v) is 14.7. The molecule has 2 amide bonds. The molecule has 5 fully saturated rings. The molecule has 0 spiro atoms. The first-order valence-electron chi connectivity index (χ1n) is 9.07. The van der Waals surface area contributed by atoms with Crippen LogP contribution in [-0.4, -0.2) is 47.0 Å². The summed E-state index contributed by atoms with van der Waals surface area (Å²) in [6, 6.07) is 0. The molecular formula is C18H19NO8. The summed E-state index contributed by atoms with van der Waals surface area (Å²) in [4.78, 5) is 75.7. The van der Waals surface area contributed by atoms with E-state index in [2.05, 4.69) is 0 Å². The first kappa shape index (κ1) is 17.8. The number of esters is 1. The standard InChI is InChI=1S/C18H19NO8/c20-11-1-2-12(21)10(11)5-6-26-15(24)17-7-18(8-17,9-17)16(25)27-19-13(22)3-4-14(19)23/h10H,1-9H2. The Bertz CT molecular complexity index is 732. The molecule has 0 atom stereocenters. The molecule has 5 rings (SSSR count). The third-order valence-corrected chi connectivity index (χ3v) is 6.11. The molecule has 9 heteroatoms. The summed E-state index contributed by atoms with van der Waals surface area (Å²) in [5, 5.41) is 0.517. The maximum atomic E-state index is 12.3. The summed E-state index contributed by atoms with van der Waals surface area (Å²) in [5.74, 6) is -3.05. The number of amides is 2. The van der Waals surface area contributed by atoms with E-state index in [0.717, 1.165) is 0 Å². The third kappa shape index (κ3) is 2.67. The lowest BCUT2D eigenvalue weighted by Gasteiger charge is -2.66. The van der Waals surface area contributed by atoms with Crippen LogP contribution in [0.5, 0.6) is 0 Å². The molecule has 4 saturated carbocycles. The van der Waals surface area contributed by atoms with Crippen LogP contribution in [0.1, 0.15) is 51.4 Å². The van der Waals surface area contributed by atoms with Crippen molar-refractivity contribution in [2.45, 2.75) is 51.4 Å². The number of Topliss-reactive ketones (excluding diaryl/α,β-unsaturated/α-hetero) is 2. The quantitative estimate of drug-likeness (QED) is 0.366. The largest absolute Gasteiger partial charge is 0.465 e. The van der Waals surface area contributed by atoms with Crippen LogP contribution < -0.4 is 0 Å². The van der Waals surface area contributed by atoms with Crippen LogP contribution in [0.4, 0.5) is 0 Å². The minimum absolute atomic E-state index is 0.00302. The van der Waals surface area contributed by atoms with E-state index in [1.165, 1.54) is 0 Å². The molecule has 0 aromatic rings. The summed E-state index contributed by atoms with van der Waals surface area (Å²) in [5.41, 5.74) is -1.57. The zero-order valence-electron chi connectivity index (χ0n) is 14.7. The van der Waals surface area contributed by atoms with Gasteiger partial charge in [0.25, 0.3) is 11.8 Å². The zero-order chi connectivity index (χ0) is 19.4. The Kier molecular flexibility index (Phi) is 3.94. The summed E-state index contributed by atoms with van der Waals surface area (Å²) in [6.45, 7) is -0.00302. The van der Waals surface area contributed by atoms with Crippen molar-refractivity contribution in [3.63, 3.8) is 0 Å². The van der Waals surface area contributed by atoms with Crippen LogP contribution in [0.25, 0.3) is 0 Å². The van der Waals surface area contributed by atoms with Crippen molar-refractivity contribution in [3.05, 3.63) is 0 Å². The van der Waals surface area contributed by atoms with Gasteiger partial charge in [0.15, 0.2) is 0 Å². The average molecular weight is 377 g/mol. The van der Waals surface area contributed by atoms with Crippen molar-refractivity contribution in [2.75, 3.05) is 6.61 Å². The highest BCUT2D eigenvalue weighted by molar-refractivity contribution is 6.08. The maximum absolute atomic E-state index is 12.3. The van der Waals surface area contributed by atoms with Gasteiger partial charge in [-0.05, 0) is 25.7 Å². The molecule has 27 heavy (non-hydrogen) atoms. The molecule has 0 aromatic heterocycles. The van der Waals surface area contributed by atoms with Gasteiger partial charge in [-0.3, -0.25) is 24.0 Å². The average Bonchev–Trinajstić information content (AvgIpc) is 3.02. The van der Waals surface area contributed by atoms with Gasteiger partial charge in [0, 0.05) is 25.7 Å². The van der Waals surface area contributed by atoms with Crippen molar-refractivity contribution in [2.24, 2.45) is 16.7 Å². The van der Waals surface area contributed by atoms with E-state index in [4.69, 9.17) is 9.57 Å². The van der Waals surface area contributed by atoms with Gasteiger partial charge in [0.1, 0.15) is 11.6 Å². The van der Waals surface area contributed by atoms with Gasteiger partial charge in [-0.1, -0.05) is 0 Å². The van der Waals surface area contributed by atoms with E-state index in [1.54, 1.807) is 0 Å². The van der Waals surface area contributed by atoms with Crippen molar-refractivity contribution in [1.82, 2.24) is 5.06 Å². The number of carbonyl (C=O) groups is 6. The van der Waals surface area contributed by atoms with Crippen LogP contribution in [0.2, 0.25) is 0 Å². The lowest BCUT2D eigenvalue weighted by atomic mass is 9.35. The predicted molar refractivity (Wildman–Crippen MR) is 84.2 cm³/mol. The van der Waals surface area contributed by atoms with Crippen molar-refractivity contribution < 1.29 is 38.3 Å². The Balaban J connectivity index is 1.24. The molecule has 1 aliphatic heterocycles. The number of carbonyl (C=O) groups excluding carboxylic acids is 6. The van der Waals surface area contributed by atoms with E-state index in [0.29, 0.717) is 5.06 Å². The summed E-state index contributed by atoms with van der Waals surface area (Å²) in [6.07, 6.45) is 1.55. The lowest BCUT2D eigenvalue weighted by Crippen LogP contribution is -2.69. The van der Waals surface area contributed by atoms with E-state index in [-0.39, 0.29) is 69.5 Å². The molecule has 144 valence electrons. The predicted octanol–water partition coefficient (Wildman–Crippen LogP) is 0.245. The van der Waals surface area contributed by atoms with Crippen molar-refractivity contribution >= 4 is 35.3 Å². The van der Waals surface area contributed by atoms with E-state index in [1.807, 2.05) is 0 Å². The van der Waals surface area contributed by atoms with Gasteiger partial charge < -0.3 is 9.57 Å². The van der Waals surface area contributed by atoms with Crippen LogP contribution in [0.3, 0.4) is 0 Å². The molecule has 0 N–H and O–H groups in total. The highest BCUT2D eigenvalue weighted by atomic mass is 16.7. The van der Waals surface area contributed by atoms with Crippen LogP contribution in [0, 0.1) is 16.7 Å². The summed E-state index contributed by atoms with van der Waals surface area (Å²) in [7, 11) is 0. The smallest absolute Gasteiger partial charge is 0.339 e. The molecule has 2 bridgehead atoms. The Labute approximate surface area is 154 Å². The number of hydroxylamine groups is 2. The summed E-state index contributed by atoms with van der Waals surface area (Å²) < 4.78 is 5.22. The number of ether oxygens (including phenoxy) is 1. The fourth-order valence-corrected chi connectivity index (χ4v) is 4.58. The molecule has 4 aliphatic carbocycles. The number of imide groups is 1. The first-order chi connectivity index (χ1) is 12.8. The van der Waals surface area contributed by atoms with Gasteiger partial charge >= 0.3 is 11.9 Å². The molecule has 1 saturated heterocycles. The van der Waals surface area contributed by atoms with E-state index < -0.39 is 40.5 Å². The van der Waals surface area contributed by atoms with Crippen molar-refractivity contribution in [3.8, 4) is 0 Å². The van der Waals surface area contributed by atoms with Gasteiger partial charge in [0.05, 0.1) is 23.4 Å². The number of hydrogen-bond acceptors (Lipinski definition) is 8. The molecule has 1 heterocycles. The van der Waals surface area contributed by atoms with Gasteiger partial charge in [-0.25, -0.2) is 4.79 Å². The molecule has 9 nitrogen and oxygen atoms in total. The molecular weight excluding hydrogens is 358 g/mol. The van der Waals surface area contributed by atoms with Gasteiger partial charge in [-0.15, -0.1) is 5.06 Å². The van der Waals surface area contributed by atoms with Crippen LogP contribution >= 0.6 is 0 Å². The van der Waals surface area contributed by atoms with Crippen LogP contribution in [0.15, 0.2) is 0 Å².